The Morgan fingerprint density at radius 3 is 2.69 bits per heavy atom. The van der Waals surface area contributed by atoms with Crippen LogP contribution in [0, 0.1) is 6.92 Å². The number of nitrogens with two attached hydrogens (primary N) is 1. The molecule has 2 aromatic carbocycles. The second-order valence-electron chi connectivity index (χ2n) is 7.45. The number of hydrogen-bond donors (Lipinski definition) is 2. The van der Waals surface area contributed by atoms with E-state index in [-0.39, 0.29) is 5.91 Å². The first kappa shape index (κ1) is 19.6. The van der Waals surface area contributed by atoms with Crippen molar-refractivity contribution in [3.8, 4) is 11.3 Å². The highest BCUT2D eigenvalue weighted by Crippen LogP contribution is 2.42. The Morgan fingerprint density at radius 1 is 1.14 bits per heavy atom. The van der Waals surface area contributed by atoms with Gasteiger partial charge in [0.15, 0.2) is 0 Å². The average Bonchev–Trinajstić information content (AvgIpc) is 3.57. The van der Waals surface area contributed by atoms with Gasteiger partial charge in [-0.25, -0.2) is 0 Å². The quantitative estimate of drug-likeness (QED) is 0.636. The fourth-order valence-electron chi connectivity index (χ4n) is 3.51. The second-order valence-corrected chi connectivity index (χ2v) is 7.89. The van der Waals surface area contributed by atoms with Crippen LogP contribution in [0.1, 0.15) is 51.5 Å². The van der Waals surface area contributed by atoms with Crippen molar-refractivity contribution in [1.29, 1.82) is 0 Å². The number of nitrogens with one attached hydrogen (secondary N) is 1. The van der Waals surface area contributed by atoms with Gasteiger partial charge in [-0.15, -0.1) is 0 Å². The van der Waals surface area contributed by atoms with E-state index < -0.39 is 0 Å². The number of aromatic nitrogens is 2. The van der Waals surface area contributed by atoms with Crippen LogP contribution in [0.4, 0.5) is 0 Å². The van der Waals surface area contributed by atoms with Crippen molar-refractivity contribution in [1.82, 2.24) is 15.3 Å². The average molecular weight is 407 g/mol. The maximum absolute atomic E-state index is 12.9. The Hall–Kier alpha value is -2.76. The summed E-state index contributed by atoms with van der Waals surface area (Å²) in [5.74, 6) is 0.337. The molecule has 1 amide bonds. The molecule has 1 fully saturated rings. The molecule has 0 atom stereocenters. The molecular formula is C23H23ClN4O. The molecule has 3 N–H and O–H groups in total. The van der Waals surface area contributed by atoms with Gasteiger partial charge in [0.05, 0.1) is 11.4 Å². The number of amides is 1. The van der Waals surface area contributed by atoms with Crippen molar-refractivity contribution in [3.63, 3.8) is 0 Å². The number of rotatable bonds is 6. The SMILES string of the molecule is Cc1cc(C(=O)NCc2cc(Cl)ccc2CN)cc(-c2nccnc2C2CC2)c1. The molecule has 1 aliphatic carbocycles. The van der Waals surface area contributed by atoms with E-state index >= 15 is 0 Å². The van der Waals surface area contributed by atoms with Gasteiger partial charge in [-0.2, -0.15) is 0 Å². The van der Waals surface area contributed by atoms with Gasteiger partial charge in [0.25, 0.3) is 5.91 Å². The normalized spacial score (nSPS) is 13.3. The predicted molar refractivity (Wildman–Crippen MR) is 115 cm³/mol. The summed E-state index contributed by atoms with van der Waals surface area (Å²) in [5, 5.41) is 3.61. The topological polar surface area (TPSA) is 80.9 Å². The first-order valence-electron chi connectivity index (χ1n) is 9.73. The smallest absolute Gasteiger partial charge is 0.251 e. The van der Waals surface area contributed by atoms with Crippen LogP contribution in [-0.4, -0.2) is 15.9 Å². The highest BCUT2D eigenvalue weighted by atomic mass is 35.5. The zero-order chi connectivity index (χ0) is 20.4. The number of halogens is 1. The van der Waals surface area contributed by atoms with Crippen molar-refractivity contribution >= 4 is 17.5 Å². The molecule has 0 unspecified atom stereocenters. The van der Waals surface area contributed by atoms with Gasteiger partial charge in [-0.1, -0.05) is 17.7 Å². The predicted octanol–water partition coefficient (Wildman–Crippen LogP) is 4.37. The Balaban J connectivity index is 1.58. The minimum atomic E-state index is -0.144. The number of nitrogens with zero attached hydrogens (tertiary/aromatic N) is 2. The summed E-state index contributed by atoms with van der Waals surface area (Å²) in [6.07, 6.45) is 5.74. The minimum Gasteiger partial charge on any atom is -0.348 e. The fraction of sp³-hybridized carbons (Fsp3) is 0.261. The van der Waals surface area contributed by atoms with E-state index in [4.69, 9.17) is 17.3 Å². The van der Waals surface area contributed by atoms with Crippen LogP contribution in [0.5, 0.6) is 0 Å². The van der Waals surface area contributed by atoms with Crippen molar-refractivity contribution in [3.05, 3.63) is 81.8 Å². The van der Waals surface area contributed by atoms with E-state index in [9.17, 15) is 4.79 Å². The number of hydrogen-bond acceptors (Lipinski definition) is 4. The standard InChI is InChI=1S/C23H23ClN4O/c1-14-8-17(22-21(15-2-3-15)26-6-7-27-22)10-18(9-14)23(29)28-13-19-11-20(24)5-4-16(19)12-25/h4-11,15H,2-3,12-13,25H2,1H3,(H,28,29). The van der Waals surface area contributed by atoms with Crippen LogP contribution in [-0.2, 0) is 13.1 Å². The largest absolute Gasteiger partial charge is 0.348 e. The maximum Gasteiger partial charge on any atom is 0.251 e. The lowest BCUT2D eigenvalue weighted by Gasteiger charge is -2.12. The molecule has 29 heavy (non-hydrogen) atoms. The first-order valence-corrected chi connectivity index (χ1v) is 10.1. The highest BCUT2D eigenvalue weighted by Gasteiger charge is 2.28. The summed E-state index contributed by atoms with van der Waals surface area (Å²) in [6, 6.07) is 11.4. The van der Waals surface area contributed by atoms with Gasteiger partial charge >= 0.3 is 0 Å². The molecule has 0 saturated heterocycles. The Labute approximate surface area is 175 Å². The molecule has 1 aliphatic rings. The van der Waals surface area contributed by atoms with Crippen LogP contribution in [0.3, 0.4) is 0 Å². The summed E-state index contributed by atoms with van der Waals surface area (Å²) in [4.78, 5) is 22.0. The molecule has 1 aromatic heterocycles. The first-order chi connectivity index (χ1) is 14.0. The number of benzene rings is 2. The molecular weight excluding hydrogens is 384 g/mol. The zero-order valence-corrected chi connectivity index (χ0v) is 17.0. The van der Waals surface area contributed by atoms with Crippen molar-refractivity contribution in [2.24, 2.45) is 5.73 Å². The third kappa shape index (κ3) is 4.47. The summed E-state index contributed by atoms with van der Waals surface area (Å²) >= 11 is 6.09. The molecule has 6 heteroatoms. The lowest BCUT2D eigenvalue weighted by atomic mass is 10.0. The Kier molecular flexibility index (Phi) is 5.60. The number of carbonyl (C=O) groups is 1. The summed E-state index contributed by atoms with van der Waals surface area (Å²) in [7, 11) is 0. The zero-order valence-electron chi connectivity index (χ0n) is 16.3. The molecule has 0 bridgehead atoms. The van der Waals surface area contributed by atoms with Gasteiger partial charge in [-0.3, -0.25) is 14.8 Å². The molecule has 3 aromatic rings. The molecule has 1 heterocycles. The lowest BCUT2D eigenvalue weighted by Crippen LogP contribution is -2.24. The monoisotopic (exact) mass is 406 g/mol. The Morgan fingerprint density at radius 2 is 1.93 bits per heavy atom. The van der Waals surface area contributed by atoms with Gasteiger partial charge in [-0.05, 0) is 66.8 Å². The highest BCUT2D eigenvalue weighted by molar-refractivity contribution is 6.30. The Bertz CT molecular complexity index is 1060. The molecule has 148 valence electrons. The van der Waals surface area contributed by atoms with Crippen molar-refractivity contribution in [2.75, 3.05) is 0 Å². The molecule has 0 spiro atoms. The minimum absolute atomic E-state index is 0.144. The lowest BCUT2D eigenvalue weighted by molar-refractivity contribution is 0.0951. The van der Waals surface area contributed by atoms with Crippen LogP contribution < -0.4 is 11.1 Å². The molecule has 1 saturated carbocycles. The number of carbonyl (C=O) groups excluding carboxylic acids is 1. The third-order valence-corrected chi connectivity index (χ3v) is 5.37. The van der Waals surface area contributed by atoms with Crippen LogP contribution in [0.2, 0.25) is 5.02 Å². The van der Waals surface area contributed by atoms with Gasteiger partial charge < -0.3 is 11.1 Å². The summed E-state index contributed by atoms with van der Waals surface area (Å²) in [5.41, 5.74) is 12.1. The third-order valence-electron chi connectivity index (χ3n) is 5.13. The molecule has 0 radical (unpaired) electrons. The van der Waals surface area contributed by atoms with E-state index in [0.717, 1.165) is 46.5 Å². The second kappa shape index (κ2) is 8.31. The van der Waals surface area contributed by atoms with Gasteiger partial charge in [0, 0.05) is 47.6 Å². The molecule has 4 rings (SSSR count). The van der Waals surface area contributed by atoms with E-state index in [1.165, 1.54) is 0 Å². The van der Waals surface area contributed by atoms with Crippen molar-refractivity contribution in [2.45, 2.75) is 38.8 Å². The summed E-state index contributed by atoms with van der Waals surface area (Å²) in [6.45, 7) is 2.75. The fourth-order valence-corrected chi connectivity index (χ4v) is 3.71. The van der Waals surface area contributed by atoms with E-state index in [1.54, 1.807) is 18.5 Å². The summed E-state index contributed by atoms with van der Waals surface area (Å²) < 4.78 is 0. The van der Waals surface area contributed by atoms with E-state index in [1.807, 2.05) is 31.2 Å². The van der Waals surface area contributed by atoms with Gasteiger partial charge in [0.2, 0.25) is 0 Å². The number of aryl methyl sites for hydroxylation is 1. The van der Waals surface area contributed by atoms with E-state index in [0.29, 0.717) is 29.6 Å². The van der Waals surface area contributed by atoms with Crippen LogP contribution in [0.25, 0.3) is 11.3 Å². The maximum atomic E-state index is 12.9. The van der Waals surface area contributed by atoms with Crippen LogP contribution >= 0.6 is 11.6 Å². The van der Waals surface area contributed by atoms with Gasteiger partial charge in [0.1, 0.15) is 0 Å². The van der Waals surface area contributed by atoms with Crippen LogP contribution in [0.15, 0.2) is 48.8 Å². The van der Waals surface area contributed by atoms with Crippen molar-refractivity contribution < 1.29 is 4.79 Å². The molecule has 5 nitrogen and oxygen atoms in total. The van der Waals surface area contributed by atoms with E-state index in [2.05, 4.69) is 21.4 Å². The molecule has 0 aliphatic heterocycles.